The molecule has 3 aromatic rings. The Labute approximate surface area is 143 Å². The number of rotatable bonds is 2. The van der Waals surface area contributed by atoms with Gasteiger partial charge >= 0.3 is 0 Å². The Bertz CT molecular complexity index is 1030. The first-order valence-corrected chi connectivity index (χ1v) is 7.83. The molecule has 5 nitrogen and oxygen atoms in total. The number of pyridine rings is 1. The minimum atomic E-state index is -0.0726. The molecular formula is C18H15ClN2O3. The number of methoxy groups -OCH3 is 2. The van der Waals surface area contributed by atoms with Crippen molar-refractivity contribution in [2.24, 2.45) is 0 Å². The molecule has 6 heteroatoms. The Kier molecular flexibility index (Phi) is 3.39. The van der Waals surface area contributed by atoms with Gasteiger partial charge in [0.1, 0.15) is 0 Å². The summed E-state index contributed by atoms with van der Waals surface area (Å²) in [4.78, 5) is 12.9. The zero-order chi connectivity index (χ0) is 16.8. The van der Waals surface area contributed by atoms with Gasteiger partial charge in [0.15, 0.2) is 11.5 Å². The van der Waals surface area contributed by atoms with E-state index in [2.05, 4.69) is 5.32 Å². The van der Waals surface area contributed by atoms with E-state index in [1.54, 1.807) is 24.9 Å². The van der Waals surface area contributed by atoms with E-state index in [-0.39, 0.29) is 5.56 Å². The van der Waals surface area contributed by atoms with Crippen molar-refractivity contribution < 1.29 is 9.47 Å². The van der Waals surface area contributed by atoms with E-state index in [1.165, 1.54) is 0 Å². The molecule has 1 N–H and O–H groups in total. The molecule has 1 aromatic heterocycles. The average molecular weight is 343 g/mol. The molecule has 0 fully saturated rings. The number of ether oxygens (including phenoxy) is 2. The van der Waals surface area contributed by atoms with Gasteiger partial charge in [0.05, 0.1) is 32.0 Å². The smallest absolute Gasteiger partial charge is 0.260 e. The highest BCUT2D eigenvalue weighted by atomic mass is 35.5. The number of hydrogen-bond donors (Lipinski definition) is 1. The number of nitrogens with one attached hydrogen (secondary N) is 1. The van der Waals surface area contributed by atoms with Crippen molar-refractivity contribution in [3.63, 3.8) is 0 Å². The molecule has 0 unspecified atom stereocenters. The van der Waals surface area contributed by atoms with Gasteiger partial charge in [0.25, 0.3) is 5.56 Å². The number of hydrogen-bond acceptors (Lipinski definition) is 4. The van der Waals surface area contributed by atoms with Gasteiger partial charge in [-0.2, -0.15) is 0 Å². The molecule has 0 bridgehead atoms. The van der Waals surface area contributed by atoms with Crippen molar-refractivity contribution >= 4 is 28.1 Å². The van der Waals surface area contributed by atoms with E-state index >= 15 is 0 Å². The predicted octanol–water partition coefficient (Wildman–Crippen LogP) is 3.72. The Morgan fingerprint density at radius 1 is 1.08 bits per heavy atom. The van der Waals surface area contributed by atoms with Crippen LogP contribution in [0.3, 0.4) is 0 Å². The first-order valence-electron chi connectivity index (χ1n) is 7.45. The summed E-state index contributed by atoms with van der Waals surface area (Å²) in [6.45, 7) is 0.395. The Balaban J connectivity index is 2.05. The SMILES string of the molecule is COc1cc2cc3n(c(=O)c2cc1OC)CNc1cc(Cl)ccc1-3. The second-order valence-electron chi connectivity index (χ2n) is 5.58. The largest absolute Gasteiger partial charge is 0.493 e. The Hall–Kier alpha value is -2.66. The summed E-state index contributed by atoms with van der Waals surface area (Å²) < 4.78 is 12.4. The van der Waals surface area contributed by atoms with Crippen LogP contribution in [0, 0.1) is 0 Å². The van der Waals surface area contributed by atoms with Crippen LogP contribution < -0.4 is 20.3 Å². The number of fused-ring (bicyclic) bond motifs is 4. The summed E-state index contributed by atoms with van der Waals surface area (Å²) in [7, 11) is 3.14. The van der Waals surface area contributed by atoms with E-state index in [0.717, 1.165) is 22.3 Å². The van der Waals surface area contributed by atoms with Gasteiger partial charge in [0, 0.05) is 16.3 Å². The molecule has 1 aliphatic heterocycles. The van der Waals surface area contributed by atoms with E-state index in [4.69, 9.17) is 21.1 Å². The van der Waals surface area contributed by atoms with Crippen molar-refractivity contribution in [1.29, 1.82) is 0 Å². The van der Waals surface area contributed by atoms with E-state index < -0.39 is 0 Å². The van der Waals surface area contributed by atoms with Crippen LogP contribution in [0.15, 0.2) is 41.2 Å². The van der Waals surface area contributed by atoms with Crippen LogP contribution in [0.4, 0.5) is 5.69 Å². The summed E-state index contributed by atoms with van der Waals surface area (Å²) in [6.07, 6.45) is 0. The molecule has 0 atom stereocenters. The van der Waals surface area contributed by atoms with E-state index in [0.29, 0.717) is 28.6 Å². The lowest BCUT2D eigenvalue weighted by Crippen LogP contribution is -2.28. The lowest BCUT2D eigenvalue weighted by atomic mass is 10.0. The summed E-state index contributed by atoms with van der Waals surface area (Å²) in [5, 5.41) is 5.30. The van der Waals surface area contributed by atoms with Crippen LogP contribution in [-0.4, -0.2) is 18.8 Å². The topological polar surface area (TPSA) is 52.5 Å². The summed E-state index contributed by atoms with van der Waals surface area (Å²) in [6, 6.07) is 11.1. The highest BCUT2D eigenvalue weighted by Crippen LogP contribution is 2.37. The van der Waals surface area contributed by atoms with Crippen molar-refractivity contribution in [2.45, 2.75) is 6.67 Å². The van der Waals surface area contributed by atoms with Gasteiger partial charge in [-0.1, -0.05) is 11.6 Å². The van der Waals surface area contributed by atoms with Crippen molar-refractivity contribution in [2.75, 3.05) is 19.5 Å². The van der Waals surface area contributed by atoms with Gasteiger partial charge in [0.2, 0.25) is 0 Å². The van der Waals surface area contributed by atoms with Crippen molar-refractivity contribution in [3.05, 3.63) is 51.8 Å². The van der Waals surface area contributed by atoms with Gasteiger partial charge in [-0.05, 0) is 41.8 Å². The molecule has 0 saturated heterocycles. The second kappa shape index (κ2) is 5.46. The van der Waals surface area contributed by atoms with Crippen LogP contribution in [0.5, 0.6) is 11.5 Å². The molecule has 0 radical (unpaired) electrons. The van der Waals surface area contributed by atoms with Crippen LogP contribution in [0.1, 0.15) is 0 Å². The molecule has 0 spiro atoms. The van der Waals surface area contributed by atoms with Crippen LogP contribution in [-0.2, 0) is 6.67 Å². The third-order valence-corrected chi connectivity index (χ3v) is 4.53. The number of halogens is 1. The molecule has 1 aliphatic rings. The molecule has 2 aromatic carbocycles. The maximum Gasteiger partial charge on any atom is 0.260 e. The Morgan fingerprint density at radius 3 is 2.58 bits per heavy atom. The van der Waals surface area contributed by atoms with Gasteiger partial charge in [-0.3, -0.25) is 9.36 Å². The number of aromatic nitrogens is 1. The number of nitrogens with zero attached hydrogens (tertiary/aromatic N) is 1. The van der Waals surface area contributed by atoms with E-state index in [9.17, 15) is 4.79 Å². The van der Waals surface area contributed by atoms with Crippen LogP contribution in [0.25, 0.3) is 22.0 Å². The predicted molar refractivity (Wildman–Crippen MR) is 95.4 cm³/mol. The molecule has 4 rings (SSSR count). The maximum absolute atomic E-state index is 12.9. The van der Waals surface area contributed by atoms with Crippen LogP contribution in [0.2, 0.25) is 5.02 Å². The first kappa shape index (κ1) is 14.9. The summed E-state index contributed by atoms with van der Waals surface area (Å²) in [5.74, 6) is 1.14. The molecule has 24 heavy (non-hydrogen) atoms. The molecule has 122 valence electrons. The fraction of sp³-hybridized carbons (Fsp3) is 0.167. The molecule has 2 heterocycles. The number of anilines is 1. The van der Waals surface area contributed by atoms with Crippen molar-refractivity contribution in [1.82, 2.24) is 4.57 Å². The normalized spacial score (nSPS) is 12.3. The highest BCUT2D eigenvalue weighted by Gasteiger charge is 2.19. The molecule has 0 amide bonds. The quantitative estimate of drug-likeness (QED) is 0.771. The highest BCUT2D eigenvalue weighted by molar-refractivity contribution is 6.31. The third-order valence-electron chi connectivity index (χ3n) is 4.30. The van der Waals surface area contributed by atoms with Crippen LogP contribution >= 0.6 is 11.6 Å². The summed E-state index contributed by atoms with van der Waals surface area (Å²) >= 11 is 6.06. The van der Waals surface area contributed by atoms with Gasteiger partial charge < -0.3 is 14.8 Å². The minimum absolute atomic E-state index is 0.0726. The lowest BCUT2D eigenvalue weighted by Gasteiger charge is -2.24. The molecule has 0 aliphatic carbocycles. The number of benzene rings is 2. The van der Waals surface area contributed by atoms with Crippen molar-refractivity contribution in [3.8, 4) is 22.8 Å². The Morgan fingerprint density at radius 2 is 1.83 bits per heavy atom. The second-order valence-corrected chi connectivity index (χ2v) is 6.02. The van der Waals surface area contributed by atoms with Gasteiger partial charge in [-0.25, -0.2) is 0 Å². The van der Waals surface area contributed by atoms with Gasteiger partial charge in [-0.15, -0.1) is 0 Å². The van der Waals surface area contributed by atoms with E-state index in [1.807, 2.05) is 30.3 Å². The molecular weight excluding hydrogens is 328 g/mol. The fourth-order valence-electron chi connectivity index (χ4n) is 3.11. The fourth-order valence-corrected chi connectivity index (χ4v) is 3.28. The standard InChI is InChI=1S/C18H15ClN2O3/c1-23-16-6-10-5-15-12-4-3-11(19)7-14(12)20-9-21(15)18(22)13(10)8-17(16)24-2/h3-8,20H,9H2,1-2H3. The third kappa shape index (κ3) is 2.12. The zero-order valence-electron chi connectivity index (χ0n) is 13.2. The average Bonchev–Trinajstić information content (AvgIpc) is 2.60. The molecule has 0 saturated carbocycles. The minimum Gasteiger partial charge on any atom is -0.493 e. The monoisotopic (exact) mass is 342 g/mol. The lowest BCUT2D eigenvalue weighted by molar-refractivity contribution is 0.356. The first-order chi connectivity index (χ1) is 11.6. The zero-order valence-corrected chi connectivity index (χ0v) is 14.0. The summed E-state index contributed by atoms with van der Waals surface area (Å²) in [5.41, 5.74) is 2.64. The maximum atomic E-state index is 12.9.